The molecule has 1 aromatic heterocycles. The van der Waals surface area contributed by atoms with E-state index in [1.165, 1.54) is 0 Å². The van der Waals surface area contributed by atoms with E-state index in [9.17, 15) is 0 Å². The van der Waals surface area contributed by atoms with E-state index >= 15 is 0 Å². The zero-order valence-electron chi connectivity index (χ0n) is 9.53. The first kappa shape index (κ1) is 13.6. The second kappa shape index (κ2) is 6.38. The first-order valence-electron chi connectivity index (χ1n) is 5.40. The van der Waals surface area contributed by atoms with Crippen LogP contribution in [0.15, 0.2) is 23.7 Å². The molecule has 0 aliphatic rings. The maximum Gasteiger partial charge on any atom is 0.141 e. The largest absolute Gasteiger partial charge is 0.485 e. The van der Waals surface area contributed by atoms with Crippen molar-refractivity contribution in [2.75, 3.05) is 6.54 Å². The van der Waals surface area contributed by atoms with E-state index in [2.05, 4.69) is 4.98 Å². The van der Waals surface area contributed by atoms with Gasteiger partial charge < -0.3 is 10.5 Å². The fourth-order valence-corrected chi connectivity index (χ4v) is 2.69. The van der Waals surface area contributed by atoms with E-state index in [0.717, 1.165) is 10.6 Å². The molecular formula is C12H12Cl2N2OS. The fourth-order valence-electron chi connectivity index (χ4n) is 1.57. The zero-order chi connectivity index (χ0) is 13.0. The average Bonchev–Trinajstić information content (AvgIpc) is 2.81. The maximum absolute atomic E-state index is 6.14. The number of ether oxygens (including phenoxy) is 1. The molecule has 1 aromatic carbocycles. The lowest BCUT2D eigenvalue weighted by Crippen LogP contribution is -2.06. The van der Waals surface area contributed by atoms with Crippen molar-refractivity contribution >= 4 is 34.5 Å². The fraction of sp³-hybridized carbons (Fsp3) is 0.250. The molecule has 0 aliphatic carbocycles. The highest BCUT2D eigenvalue weighted by molar-refractivity contribution is 7.09. The highest BCUT2D eigenvalue weighted by atomic mass is 35.5. The summed E-state index contributed by atoms with van der Waals surface area (Å²) in [4.78, 5) is 4.15. The molecule has 2 N–H and O–H groups in total. The molecule has 6 heteroatoms. The van der Waals surface area contributed by atoms with E-state index in [1.54, 1.807) is 23.6 Å². The lowest BCUT2D eigenvalue weighted by molar-refractivity contribution is 0.302. The van der Waals surface area contributed by atoms with Crippen LogP contribution in [0.3, 0.4) is 0 Å². The summed E-state index contributed by atoms with van der Waals surface area (Å²) in [5.74, 6) is 0.640. The summed E-state index contributed by atoms with van der Waals surface area (Å²) in [5, 5.41) is 3.90. The van der Waals surface area contributed by atoms with Crippen LogP contribution in [0.2, 0.25) is 10.0 Å². The zero-order valence-corrected chi connectivity index (χ0v) is 11.9. The summed E-state index contributed by atoms with van der Waals surface area (Å²) in [7, 11) is 0. The minimum atomic E-state index is 0.399. The average molecular weight is 303 g/mol. The lowest BCUT2D eigenvalue weighted by Gasteiger charge is -2.12. The number of hydrogen-bond donors (Lipinski definition) is 1. The van der Waals surface area contributed by atoms with Crippen LogP contribution in [-0.2, 0) is 13.0 Å². The van der Waals surface area contributed by atoms with Gasteiger partial charge in [-0.15, -0.1) is 11.3 Å². The van der Waals surface area contributed by atoms with E-state index in [-0.39, 0.29) is 0 Å². The Hall–Kier alpha value is -0.810. The Kier molecular flexibility index (Phi) is 4.83. The van der Waals surface area contributed by atoms with E-state index in [0.29, 0.717) is 35.4 Å². The number of rotatable bonds is 5. The summed E-state index contributed by atoms with van der Waals surface area (Å²) in [6.07, 6.45) is 2.42. The summed E-state index contributed by atoms with van der Waals surface area (Å²) in [5.41, 5.74) is 6.49. The molecule has 0 unspecified atom stereocenters. The van der Waals surface area contributed by atoms with Gasteiger partial charge in [0.1, 0.15) is 17.4 Å². The van der Waals surface area contributed by atoms with Gasteiger partial charge in [0.05, 0.1) is 5.02 Å². The van der Waals surface area contributed by atoms with Crippen molar-refractivity contribution in [3.05, 3.63) is 44.3 Å². The molecule has 0 spiro atoms. The van der Waals surface area contributed by atoms with Crippen molar-refractivity contribution in [1.82, 2.24) is 4.98 Å². The molecule has 0 fully saturated rings. The monoisotopic (exact) mass is 302 g/mol. The van der Waals surface area contributed by atoms with E-state index in [4.69, 9.17) is 33.7 Å². The molecule has 18 heavy (non-hydrogen) atoms. The van der Waals surface area contributed by atoms with Gasteiger partial charge in [-0.1, -0.05) is 23.2 Å². The van der Waals surface area contributed by atoms with Crippen LogP contribution >= 0.6 is 34.5 Å². The highest BCUT2D eigenvalue weighted by Crippen LogP contribution is 2.33. The predicted octanol–water partition coefficient (Wildman–Crippen LogP) is 3.53. The van der Waals surface area contributed by atoms with E-state index in [1.807, 2.05) is 11.4 Å². The Morgan fingerprint density at radius 1 is 1.33 bits per heavy atom. The summed E-state index contributed by atoms with van der Waals surface area (Å²) in [6.45, 7) is 0.918. The molecule has 2 rings (SSSR count). The predicted molar refractivity (Wildman–Crippen MR) is 75.7 cm³/mol. The third-order valence-electron chi connectivity index (χ3n) is 2.32. The van der Waals surface area contributed by atoms with Crippen molar-refractivity contribution < 1.29 is 4.74 Å². The Morgan fingerprint density at radius 3 is 2.83 bits per heavy atom. The van der Waals surface area contributed by atoms with Crippen molar-refractivity contribution in [3.63, 3.8) is 0 Å². The van der Waals surface area contributed by atoms with Gasteiger partial charge in [-0.25, -0.2) is 4.98 Å². The molecule has 0 radical (unpaired) electrons. The van der Waals surface area contributed by atoms with Gasteiger partial charge in [0.15, 0.2) is 0 Å². The van der Waals surface area contributed by atoms with Crippen LogP contribution < -0.4 is 10.5 Å². The molecule has 3 nitrogen and oxygen atoms in total. The SMILES string of the molecule is NCCc1cc(Cl)cc(Cl)c1OCc1nccs1. The smallest absolute Gasteiger partial charge is 0.141 e. The summed E-state index contributed by atoms with van der Waals surface area (Å²) < 4.78 is 5.72. The Morgan fingerprint density at radius 2 is 2.17 bits per heavy atom. The molecule has 96 valence electrons. The van der Waals surface area contributed by atoms with Crippen LogP contribution in [0.1, 0.15) is 10.6 Å². The van der Waals surface area contributed by atoms with Gasteiger partial charge >= 0.3 is 0 Å². The number of benzene rings is 1. The molecule has 0 aliphatic heterocycles. The van der Waals surface area contributed by atoms with Crippen LogP contribution in [0.4, 0.5) is 0 Å². The molecule has 0 atom stereocenters. The Labute approximate surface area is 120 Å². The summed E-state index contributed by atoms with van der Waals surface area (Å²) in [6, 6.07) is 3.50. The molecule has 0 saturated carbocycles. The van der Waals surface area contributed by atoms with Crippen molar-refractivity contribution in [2.45, 2.75) is 13.0 Å². The summed E-state index contributed by atoms with van der Waals surface area (Å²) >= 11 is 13.7. The number of nitrogens with two attached hydrogens (primary N) is 1. The molecule has 0 saturated heterocycles. The highest BCUT2D eigenvalue weighted by Gasteiger charge is 2.11. The molecule has 1 heterocycles. The van der Waals surface area contributed by atoms with Crippen molar-refractivity contribution in [2.24, 2.45) is 5.73 Å². The minimum absolute atomic E-state index is 0.399. The number of thiazole rings is 1. The van der Waals surface area contributed by atoms with Gasteiger partial charge in [-0.05, 0) is 30.7 Å². The van der Waals surface area contributed by atoms with Gasteiger partial charge in [0, 0.05) is 16.6 Å². The second-order valence-corrected chi connectivity index (χ2v) is 5.45. The number of aromatic nitrogens is 1. The van der Waals surface area contributed by atoms with E-state index < -0.39 is 0 Å². The Bertz CT molecular complexity index is 517. The molecule has 0 amide bonds. The second-order valence-electron chi connectivity index (χ2n) is 3.63. The molecular weight excluding hydrogens is 291 g/mol. The molecule has 2 aromatic rings. The van der Waals surface area contributed by atoms with Crippen LogP contribution in [0.5, 0.6) is 5.75 Å². The quantitative estimate of drug-likeness (QED) is 0.919. The van der Waals surface area contributed by atoms with Gasteiger partial charge in [0.2, 0.25) is 0 Å². The van der Waals surface area contributed by atoms with Crippen molar-refractivity contribution in [1.29, 1.82) is 0 Å². The molecule has 0 bridgehead atoms. The normalized spacial score (nSPS) is 10.6. The van der Waals surface area contributed by atoms with Gasteiger partial charge in [-0.2, -0.15) is 0 Å². The number of nitrogens with zero attached hydrogens (tertiary/aromatic N) is 1. The third-order valence-corrected chi connectivity index (χ3v) is 3.57. The number of halogens is 2. The number of hydrogen-bond acceptors (Lipinski definition) is 4. The van der Waals surface area contributed by atoms with Crippen LogP contribution in [0, 0.1) is 0 Å². The lowest BCUT2D eigenvalue weighted by atomic mass is 10.1. The topological polar surface area (TPSA) is 48.1 Å². The van der Waals surface area contributed by atoms with Crippen LogP contribution in [0.25, 0.3) is 0 Å². The van der Waals surface area contributed by atoms with Gasteiger partial charge in [-0.3, -0.25) is 0 Å². The van der Waals surface area contributed by atoms with Crippen molar-refractivity contribution in [3.8, 4) is 5.75 Å². The Balaban J connectivity index is 2.19. The standard InChI is InChI=1S/C12H12Cl2N2OS/c13-9-5-8(1-2-15)12(10(14)6-9)17-7-11-16-3-4-18-11/h3-6H,1-2,7,15H2. The first-order chi connectivity index (χ1) is 8.70. The third kappa shape index (κ3) is 3.36. The first-order valence-corrected chi connectivity index (χ1v) is 7.03. The maximum atomic E-state index is 6.14. The van der Waals surface area contributed by atoms with Gasteiger partial charge in [0.25, 0.3) is 0 Å². The minimum Gasteiger partial charge on any atom is -0.485 e. The van der Waals surface area contributed by atoms with Crippen LogP contribution in [-0.4, -0.2) is 11.5 Å².